The normalized spacial score (nSPS) is 17.8. The number of hydroxylamine groups is 2. The van der Waals surface area contributed by atoms with Crippen LogP contribution in [0.4, 0.5) is 4.79 Å². The first kappa shape index (κ1) is 12.5. The van der Waals surface area contributed by atoms with Crippen molar-refractivity contribution < 1.29 is 14.4 Å². The van der Waals surface area contributed by atoms with E-state index in [1.165, 1.54) is 0 Å². The minimum absolute atomic E-state index is 0.488. The molecule has 0 atom stereocenters. The summed E-state index contributed by atoms with van der Waals surface area (Å²) in [6, 6.07) is 0.988. The molecule has 0 aromatic heterocycles. The van der Waals surface area contributed by atoms with Crippen LogP contribution in [-0.2, 0) is 9.57 Å². The molecule has 1 heterocycles. The van der Waals surface area contributed by atoms with Gasteiger partial charge in [-0.15, -0.1) is 5.06 Å². The lowest BCUT2D eigenvalue weighted by Crippen LogP contribution is -2.27. The highest BCUT2D eigenvalue weighted by Crippen LogP contribution is 2.10. The fraction of sp³-hybridized carbons (Fsp3) is 0.900. The van der Waals surface area contributed by atoms with Crippen LogP contribution in [0.5, 0.6) is 0 Å². The van der Waals surface area contributed by atoms with Crippen molar-refractivity contribution in [3.05, 3.63) is 0 Å². The van der Waals surface area contributed by atoms with E-state index in [1.54, 1.807) is 5.06 Å². The highest BCUT2D eigenvalue weighted by atomic mass is 28.3. The molecule has 15 heavy (non-hydrogen) atoms. The van der Waals surface area contributed by atoms with Gasteiger partial charge in [0.05, 0.1) is 6.61 Å². The zero-order chi connectivity index (χ0) is 11.3. The highest BCUT2D eigenvalue weighted by molar-refractivity contribution is 6.76. The van der Waals surface area contributed by atoms with E-state index < -0.39 is 14.2 Å². The Morgan fingerprint density at radius 2 is 1.87 bits per heavy atom. The maximum Gasteiger partial charge on any atom is 0.527 e. The Hall–Kier alpha value is -0.553. The van der Waals surface area contributed by atoms with Gasteiger partial charge in [-0.1, -0.05) is 19.6 Å². The average Bonchev–Trinajstić information content (AvgIpc) is 2.54. The first-order chi connectivity index (χ1) is 6.97. The molecule has 0 aromatic rings. The second-order valence-electron chi connectivity index (χ2n) is 5.14. The van der Waals surface area contributed by atoms with Crippen LogP contribution in [0.1, 0.15) is 12.8 Å². The van der Waals surface area contributed by atoms with Crippen LogP contribution >= 0.6 is 0 Å². The van der Waals surface area contributed by atoms with Crippen LogP contribution in [0.2, 0.25) is 25.7 Å². The molecular weight excluding hydrogens is 210 g/mol. The molecule has 0 radical (unpaired) electrons. The van der Waals surface area contributed by atoms with Crippen molar-refractivity contribution in [2.24, 2.45) is 0 Å². The fourth-order valence-corrected chi connectivity index (χ4v) is 2.07. The molecule has 1 aliphatic rings. The molecule has 88 valence electrons. The van der Waals surface area contributed by atoms with E-state index in [0.717, 1.165) is 32.0 Å². The summed E-state index contributed by atoms with van der Waals surface area (Å²) in [5, 5.41) is 1.68. The fourth-order valence-electron chi connectivity index (χ4n) is 1.35. The van der Waals surface area contributed by atoms with Crippen LogP contribution in [0.3, 0.4) is 0 Å². The van der Waals surface area contributed by atoms with Crippen molar-refractivity contribution in [3.8, 4) is 0 Å². The SMILES string of the molecule is C[Si](C)(C)CCOC(=O)ON1CCCC1. The molecule has 1 fully saturated rings. The summed E-state index contributed by atoms with van der Waals surface area (Å²) in [5.41, 5.74) is 0. The number of rotatable bonds is 4. The smallest absolute Gasteiger partial charge is 0.433 e. The van der Waals surface area contributed by atoms with Crippen LogP contribution in [0.15, 0.2) is 0 Å². The van der Waals surface area contributed by atoms with Crippen molar-refractivity contribution in [2.75, 3.05) is 19.7 Å². The standard InChI is InChI=1S/C10H21NO3Si/c1-15(2,3)9-8-13-10(12)14-11-6-4-5-7-11/h4-9H2,1-3H3. The number of hydrogen-bond donors (Lipinski definition) is 0. The molecule has 1 rings (SSSR count). The first-order valence-electron chi connectivity index (χ1n) is 5.57. The second-order valence-corrected chi connectivity index (χ2v) is 10.8. The van der Waals surface area contributed by atoms with Gasteiger partial charge in [0.25, 0.3) is 0 Å². The van der Waals surface area contributed by atoms with E-state index in [-0.39, 0.29) is 0 Å². The number of nitrogens with zero attached hydrogens (tertiary/aromatic N) is 1. The Morgan fingerprint density at radius 1 is 1.27 bits per heavy atom. The summed E-state index contributed by atoms with van der Waals surface area (Å²) in [6.45, 7) is 8.92. The minimum atomic E-state index is -1.11. The van der Waals surface area contributed by atoms with Gasteiger partial charge in [-0.25, -0.2) is 4.79 Å². The van der Waals surface area contributed by atoms with Crippen molar-refractivity contribution in [3.63, 3.8) is 0 Å². The molecule has 0 aromatic carbocycles. The number of carbonyl (C=O) groups is 1. The predicted octanol–water partition coefficient (Wildman–Crippen LogP) is 2.49. The highest BCUT2D eigenvalue weighted by Gasteiger charge is 2.18. The van der Waals surface area contributed by atoms with Gasteiger partial charge in [-0.3, -0.25) is 0 Å². The molecule has 0 spiro atoms. The van der Waals surface area contributed by atoms with Crippen molar-refractivity contribution in [1.29, 1.82) is 0 Å². The predicted molar refractivity (Wildman–Crippen MR) is 61.4 cm³/mol. The number of ether oxygens (including phenoxy) is 1. The van der Waals surface area contributed by atoms with E-state index >= 15 is 0 Å². The Kier molecular flexibility index (Phi) is 4.60. The summed E-state index contributed by atoms with van der Waals surface area (Å²) in [6.07, 6.45) is 1.65. The lowest BCUT2D eigenvalue weighted by atomic mass is 10.4. The largest absolute Gasteiger partial charge is 0.527 e. The summed E-state index contributed by atoms with van der Waals surface area (Å²) in [5.74, 6) is 0. The van der Waals surface area contributed by atoms with Crippen LogP contribution < -0.4 is 0 Å². The van der Waals surface area contributed by atoms with Gasteiger partial charge in [-0.2, -0.15) is 0 Å². The molecule has 1 aliphatic heterocycles. The van der Waals surface area contributed by atoms with Crippen LogP contribution in [0, 0.1) is 0 Å². The van der Waals surface area contributed by atoms with Crippen LogP contribution in [0.25, 0.3) is 0 Å². The minimum Gasteiger partial charge on any atom is -0.433 e. The Labute approximate surface area is 92.5 Å². The number of carbonyl (C=O) groups excluding carboxylic acids is 1. The Bertz CT molecular complexity index is 209. The Balaban J connectivity index is 2.08. The summed E-state index contributed by atoms with van der Waals surface area (Å²) < 4.78 is 5.01. The Morgan fingerprint density at radius 3 is 2.40 bits per heavy atom. The van der Waals surface area contributed by atoms with Crippen molar-refractivity contribution in [2.45, 2.75) is 38.5 Å². The molecule has 4 nitrogen and oxygen atoms in total. The third kappa shape index (κ3) is 5.79. The lowest BCUT2D eigenvalue weighted by Gasteiger charge is -2.17. The quantitative estimate of drug-likeness (QED) is 0.550. The summed E-state index contributed by atoms with van der Waals surface area (Å²) in [7, 11) is -1.11. The zero-order valence-corrected chi connectivity index (χ0v) is 10.9. The third-order valence-electron chi connectivity index (χ3n) is 2.34. The molecule has 0 N–H and O–H groups in total. The van der Waals surface area contributed by atoms with E-state index in [1.807, 2.05) is 0 Å². The molecule has 0 bridgehead atoms. The van der Waals surface area contributed by atoms with Crippen LogP contribution in [-0.4, -0.2) is 39.0 Å². The summed E-state index contributed by atoms with van der Waals surface area (Å²) in [4.78, 5) is 16.2. The maximum atomic E-state index is 11.2. The molecule has 0 saturated carbocycles. The summed E-state index contributed by atoms with van der Waals surface area (Å²) >= 11 is 0. The molecule has 0 aliphatic carbocycles. The van der Waals surface area contributed by atoms with Gasteiger partial charge in [0.15, 0.2) is 0 Å². The van der Waals surface area contributed by atoms with E-state index in [4.69, 9.17) is 9.57 Å². The van der Waals surface area contributed by atoms with Gasteiger partial charge >= 0.3 is 6.16 Å². The lowest BCUT2D eigenvalue weighted by molar-refractivity contribution is -0.111. The average molecular weight is 231 g/mol. The number of hydrogen-bond acceptors (Lipinski definition) is 4. The second kappa shape index (κ2) is 5.51. The molecule has 1 saturated heterocycles. The zero-order valence-electron chi connectivity index (χ0n) is 9.91. The molecular formula is C10H21NO3Si. The molecule has 0 unspecified atom stereocenters. The van der Waals surface area contributed by atoms with Gasteiger partial charge in [0, 0.05) is 21.2 Å². The van der Waals surface area contributed by atoms with Gasteiger partial charge in [0.2, 0.25) is 0 Å². The van der Waals surface area contributed by atoms with Gasteiger partial charge < -0.3 is 9.57 Å². The topological polar surface area (TPSA) is 38.8 Å². The van der Waals surface area contributed by atoms with Gasteiger partial charge in [-0.05, 0) is 18.9 Å². The van der Waals surface area contributed by atoms with E-state index in [9.17, 15) is 4.79 Å². The van der Waals surface area contributed by atoms with Crippen molar-refractivity contribution >= 4 is 14.2 Å². The van der Waals surface area contributed by atoms with Crippen molar-refractivity contribution in [1.82, 2.24) is 5.06 Å². The first-order valence-corrected chi connectivity index (χ1v) is 9.28. The van der Waals surface area contributed by atoms with E-state index in [0.29, 0.717) is 6.61 Å². The van der Waals surface area contributed by atoms with Gasteiger partial charge in [0.1, 0.15) is 0 Å². The third-order valence-corrected chi connectivity index (χ3v) is 4.04. The molecule has 5 heteroatoms. The monoisotopic (exact) mass is 231 g/mol. The maximum absolute atomic E-state index is 11.2. The molecule has 0 amide bonds. The van der Waals surface area contributed by atoms with E-state index in [2.05, 4.69) is 19.6 Å².